The molecule has 0 heterocycles. The number of nitrogens with one attached hydrogen (secondary N) is 1. The molecular formula is C15H21NO3S. The highest BCUT2D eigenvalue weighted by molar-refractivity contribution is 7.99. The highest BCUT2D eigenvalue weighted by Gasteiger charge is 2.02. The van der Waals surface area contributed by atoms with E-state index in [-0.39, 0.29) is 12.3 Å². The van der Waals surface area contributed by atoms with Gasteiger partial charge in [-0.1, -0.05) is 17.7 Å². The third-order valence-corrected chi connectivity index (χ3v) is 3.77. The normalized spacial score (nSPS) is 10.2. The first kappa shape index (κ1) is 16.6. The molecule has 5 heteroatoms. The van der Waals surface area contributed by atoms with E-state index in [4.69, 9.17) is 5.11 Å². The summed E-state index contributed by atoms with van der Waals surface area (Å²) in [5.41, 5.74) is 1.23. The first-order valence-electron chi connectivity index (χ1n) is 6.76. The predicted octanol–water partition coefficient (Wildman–Crippen LogP) is 2.85. The van der Waals surface area contributed by atoms with Crippen LogP contribution in [0.15, 0.2) is 29.2 Å². The molecule has 0 fully saturated rings. The van der Waals surface area contributed by atoms with Gasteiger partial charge in [-0.05, 0) is 31.9 Å². The van der Waals surface area contributed by atoms with E-state index in [0.717, 1.165) is 5.75 Å². The summed E-state index contributed by atoms with van der Waals surface area (Å²) in [6.45, 7) is 2.60. The SMILES string of the molecule is Cc1ccc(SCCC(=O)NCCCCC(=O)O)cc1. The van der Waals surface area contributed by atoms with Crippen LogP contribution in [-0.4, -0.2) is 29.3 Å². The van der Waals surface area contributed by atoms with Crippen molar-refractivity contribution in [3.05, 3.63) is 29.8 Å². The fraction of sp³-hybridized carbons (Fsp3) is 0.467. The van der Waals surface area contributed by atoms with Crippen molar-refractivity contribution in [2.45, 2.75) is 37.5 Å². The predicted molar refractivity (Wildman–Crippen MR) is 81.0 cm³/mol. The Labute approximate surface area is 124 Å². The lowest BCUT2D eigenvalue weighted by Crippen LogP contribution is -2.24. The summed E-state index contributed by atoms with van der Waals surface area (Å²) in [6, 6.07) is 8.24. The first-order valence-corrected chi connectivity index (χ1v) is 7.74. The largest absolute Gasteiger partial charge is 0.481 e. The number of benzene rings is 1. The highest BCUT2D eigenvalue weighted by atomic mass is 32.2. The molecular weight excluding hydrogens is 274 g/mol. The molecule has 1 rings (SSSR count). The van der Waals surface area contributed by atoms with Crippen LogP contribution in [0.4, 0.5) is 0 Å². The van der Waals surface area contributed by atoms with Crippen molar-refractivity contribution in [3.8, 4) is 0 Å². The number of carbonyl (C=O) groups is 2. The molecule has 0 radical (unpaired) electrons. The molecule has 110 valence electrons. The molecule has 0 unspecified atom stereocenters. The van der Waals surface area contributed by atoms with Gasteiger partial charge in [0.1, 0.15) is 0 Å². The molecule has 0 saturated carbocycles. The fourth-order valence-corrected chi connectivity index (χ4v) is 2.47. The molecule has 0 atom stereocenters. The third kappa shape index (κ3) is 7.84. The molecule has 20 heavy (non-hydrogen) atoms. The van der Waals surface area contributed by atoms with Crippen molar-refractivity contribution in [2.24, 2.45) is 0 Å². The molecule has 0 spiro atoms. The molecule has 0 saturated heterocycles. The summed E-state index contributed by atoms with van der Waals surface area (Å²) >= 11 is 1.67. The Morgan fingerprint density at radius 3 is 2.50 bits per heavy atom. The van der Waals surface area contributed by atoms with Gasteiger partial charge in [-0.15, -0.1) is 11.8 Å². The zero-order valence-corrected chi connectivity index (χ0v) is 12.5. The van der Waals surface area contributed by atoms with E-state index in [1.807, 2.05) is 6.92 Å². The summed E-state index contributed by atoms with van der Waals surface area (Å²) in [7, 11) is 0. The van der Waals surface area contributed by atoms with E-state index in [9.17, 15) is 9.59 Å². The number of unbranched alkanes of at least 4 members (excludes halogenated alkanes) is 1. The Bertz CT molecular complexity index is 431. The number of aliphatic carboxylic acids is 1. The van der Waals surface area contributed by atoms with E-state index in [0.29, 0.717) is 25.8 Å². The maximum atomic E-state index is 11.5. The Kier molecular flexibility index (Phi) is 7.80. The molecule has 1 amide bonds. The first-order chi connectivity index (χ1) is 9.58. The van der Waals surface area contributed by atoms with Gasteiger partial charge in [0.25, 0.3) is 0 Å². The second-order valence-corrected chi connectivity index (χ2v) is 5.78. The minimum Gasteiger partial charge on any atom is -0.481 e. The van der Waals surface area contributed by atoms with Crippen LogP contribution < -0.4 is 5.32 Å². The Hall–Kier alpha value is -1.49. The summed E-state index contributed by atoms with van der Waals surface area (Å²) in [5.74, 6) is -0.00457. The number of rotatable bonds is 9. The minimum absolute atomic E-state index is 0.0277. The quantitative estimate of drug-likeness (QED) is 0.543. The van der Waals surface area contributed by atoms with E-state index in [2.05, 4.69) is 29.6 Å². The van der Waals surface area contributed by atoms with Gasteiger partial charge in [0, 0.05) is 30.0 Å². The van der Waals surface area contributed by atoms with Crippen LogP contribution in [0, 0.1) is 6.92 Å². The van der Waals surface area contributed by atoms with Crippen LogP contribution in [-0.2, 0) is 9.59 Å². The molecule has 0 aliphatic rings. The van der Waals surface area contributed by atoms with Crippen molar-refractivity contribution >= 4 is 23.6 Å². The topological polar surface area (TPSA) is 66.4 Å². The summed E-state index contributed by atoms with van der Waals surface area (Å²) in [4.78, 5) is 23.0. The van der Waals surface area contributed by atoms with Gasteiger partial charge < -0.3 is 10.4 Å². The standard InChI is InChI=1S/C15H21NO3S/c1-12-5-7-13(8-6-12)20-11-9-14(17)16-10-3-2-4-15(18)19/h5-8H,2-4,9-11H2,1H3,(H,16,17)(H,18,19). The van der Waals surface area contributed by atoms with Crippen LogP contribution in [0.25, 0.3) is 0 Å². The van der Waals surface area contributed by atoms with Crippen molar-refractivity contribution < 1.29 is 14.7 Å². The van der Waals surface area contributed by atoms with Gasteiger partial charge in [-0.25, -0.2) is 0 Å². The smallest absolute Gasteiger partial charge is 0.303 e. The number of thioether (sulfide) groups is 1. The molecule has 0 aromatic heterocycles. The number of hydrogen-bond acceptors (Lipinski definition) is 3. The van der Waals surface area contributed by atoms with Gasteiger partial charge >= 0.3 is 5.97 Å². The van der Waals surface area contributed by atoms with Crippen molar-refractivity contribution in [1.29, 1.82) is 0 Å². The number of aryl methyl sites for hydroxylation is 1. The second kappa shape index (κ2) is 9.42. The third-order valence-electron chi connectivity index (χ3n) is 2.76. The average molecular weight is 295 g/mol. The number of carboxylic acids is 1. The number of hydrogen-bond donors (Lipinski definition) is 2. The molecule has 2 N–H and O–H groups in total. The van der Waals surface area contributed by atoms with Crippen LogP contribution >= 0.6 is 11.8 Å². The van der Waals surface area contributed by atoms with Crippen LogP contribution in [0.5, 0.6) is 0 Å². The van der Waals surface area contributed by atoms with Gasteiger partial charge in [0.15, 0.2) is 0 Å². The fourth-order valence-electron chi connectivity index (χ4n) is 1.61. The molecule has 1 aromatic rings. The van der Waals surface area contributed by atoms with Crippen molar-refractivity contribution in [3.63, 3.8) is 0 Å². The summed E-state index contributed by atoms with van der Waals surface area (Å²) in [5, 5.41) is 11.3. The molecule has 0 bridgehead atoms. The summed E-state index contributed by atoms with van der Waals surface area (Å²) in [6.07, 6.45) is 1.97. The van der Waals surface area contributed by atoms with E-state index < -0.39 is 5.97 Å². The zero-order chi connectivity index (χ0) is 14.8. The monoisotopic (exact) mass is 295 g/mol. The lowest BCUT2D eigenvalue weighted by Gasteiger charge is -2.05. The van der Waals surface area contributed by atoms with Crippen LogP contribution in [0.3, 0.4) is 0 Å². The van der Waals surface area contributed by atoms with Crippen molar-refractivity contribution in [2.75, 3.05) is 12.3 Å². The molecule has 4 nitrogen and oxygen atoms in total. The lowest BCUT2D eigenvalue weighted by molar-refractivity contribution is -0.137. The maximum Gasteiger partial charge on any atom is 0.303 e. The molecule has 0 aliphatic carbocycles. The Morgan fingerprint density at radius 1 is 1.15 bits per heavy atom. The van der Waals surface area contributed by atoms with Gasteiger partial charge in [0.05, 0.1) is 0 Å². The van der Waals surface area contributed by atoms with E-state index in [1.54, 1.807) is 11.8 Å². The summed E-state index contributed by atoms with van der Waals surface area (Å²) < 4.78 is 0. The lowest BCUT2D eigenvalue weighted by atomic mass is 10.2. The Morgan fingerprint density at radius 2 is 1.85 bits per heavy atom. The number of amides is 1. The highest BCUT2D eigenvalue weighted by Crippen LogP contribution is 2.18. The maximum absolute atomic E-state index is 11.5. The van der Waals surface area contributed by atoms with Crippen molar-refractivity contribution in [1.82, 2.24) is 5.32 Å². The van der Waals surface area contributed by atoms with Gasteiger partial charge in [-0.3, -0.25) is 9.59 Å². The van der Waals surface area contributed by atoms with Crippen LogP contribution in [0.2, 0.25) is 0 Å². The minimum atomic E-state index is -0.786. The zero-order valence-electron chi connectivity index (χ0n) is 11.7. The molecule has 1 aromatic carbocycles. The van der Waals surface area contributed by atoms with E-state index >= 15 is 0 Å². The molecule has 0 aliphatic heterocycles. The number of carboxylic acid groups (broad SMARTS) is 1. The number of carbonyl (C=O) groups excluding carboxylic acids is 1. The Balaban J connectivity index is 2.05. The van der Waals surface area contributed by atoms with E-state index in [1.165, 1.54) is 10.5 Å². The van der Waals surface area contributed by atoms with Gasteiger partial charge in [-0.2, -0.15) is 0 Å². The second-order valence-electron chi connectivity index (χ2n) is 4.61. The van der Waals surface area contributed by atoms with Gasteiger partial charge in [0.2, 0.25) is 5.91 Å². The van der Waals surface area contributed by atoms with Crippen LogP contribution in [0.1, 0.15) is 31.2 Å². The average Bonchev–Trinajstić information content (AvgIpc) is 2.40.